The first-order valence-electron chi connectivity index (χ1n) is 12.9. The van der Waals surface area contributed by atoms with Crippen molar-refractivity contribution in [2.45, 2.75) is 44.8 Å². The van der Waals surface area contributed by atoms with Gasteiger partial charge in [0.1, 0.15) is 12.1 Å². The Bertz CT molecular complexity index is 1560. The predicted molar refractivity (Wildman–Crippen MR) is 146 cm³/mol. The summed E-state index contributed by atoms with van der Waals surface area (Å²) in [6, 6.07) is 7.44. The Morgan fingerprint density at radius 1 is 1.00 bits per heavy atom. The van der Waals surface area contributed by atoms with E-state index in [-0.39, 0.29) is 24.1 Å². The van der Waals surface area contributed by atoms with Crippen LogP contribution in [0.2, 0.25) is 0 Å². The predicted octanol–water partition coefficient (Wildman–Crippen LogP) is 6.26. The second-order valence-corrected chi connectivity index (χ2v) is 12.0. The lowest BCUT2D eigenvalue weighted by atomic mass is 10.0. The van der Waals surface area contributed by atoms with Gasteiger partial charge in [0.25, 0.3) is 5.91 Å². The monoisotopic (exact) mass is 596 g/mol. The lowest BCUT2D eigenvalue weighted by molar-refractivity contribution is -0.939. The molecule has 5 rings (SSSR count). The number of alkyl halides is 6. The number of nitrogens with zero attached hydrogens (tertiary/aromatic N) is 5. The molecule has 2 aromatic carbocycles. The summed E-state index contributed by atoms with van der Waals surface area (Å²) in [5.41, 5.74) is -1.87. The quantitative estimate of drug-likeness (QED) is 0.204. The van der Waals surface area contributed by atoms with Crippen LogP contribution in [0.1, 0.15) is 36.1 Å². The molecule has 1 aromatic heterocycles. The molecule has 41 heavy (non-hydrogen) atoms. The number of piperazine rings is 1. The number of amides is 1. The van der Waals surface area contributed by atoms with E-state index in [1.165, 1.54) is 22.6 Å². The van der Waals surface area contributed by atoms with Crippen molar-refractivity contribution in [1.29, 1.82) is 0 Å². The van der Waals surface area contributed by atoms with Crippen molar-refractivity contribution < 1.29 is 35.6 Å². The van der Waals surface area contributed by atoms with Gasteiger partial charge in [0.15, 0.2) is 5.17 Å². The Labute approximate surface area is 236 Å². The summed E-state index contributed by atoms with van der Waals surface area (Å²) in [7, 11) is 4.40. The van der Waals surface area contributed by atoms with Gasteiger partial charge in [0.05, 0.1) is 61.5 Å². The molecule has 2 aliphatic heterocycles. The van der Waals surface area contributed by atoms with Gasteiger partial charge in [0, 0.05) is 5.39 Å². The minimum Gasteiger partial charge on any atom is -0.339 e. The Hall–Kier alpha value is -3.32. The lowest BCUT2D eigenvalue weighted by Crippen LogP contribution is -2.65. The maximum absolute atomic E-state index is 13.6. The van der Waals surface area contributed by atoms with Gasteiger partial charge in [-0.2, -0.15) is 36.4 Å². The first-order chi connectivity index (χ1) is 19.0. The highest BCUT2D eigenvalue weighted by molar-refractivity contribution is 8.18. The molecule has 2 aliphatic rings. The molecule has 0 bridgehead atoms. The van der Waals surface area contributed by atoms with Gasteiger partial charge in [-0.25, -0.2) is 0 Å². The Kier molecular flexibility index (Phi) is 7.26. The maximum atomic E-state index is 13.6. The van der Waals surface area contributed by atoms with Gasteiger partial charge < -0.3 is 9.38 Å². The summed E-state index contributed by atoms with van der Waals surface area (Å²) in [5.74, 6) is -0.331. The molecular weight excluding hydrogens is 568 g/mol. The average molecular weight is 597 g/mol. The molecule has 1 saturated heterocycles. The Morgan fingerprint density at radius 2 is 1.68 bits per heavy atom. The number of halogens is 6. The van der Waals surface area contributed by atoms with E-state index in [1.54, 1.807) is 24.3 Å². The maximum Gasteiger partial charge on any atom is 0.416 e. The smallest absolute Gasteiger partial charge is 0.339 e. The summed E-state index contributed by atoms with van der Waals surface area (Å²) in [5, 5.41) is 5.45. The minimum absolute atomic E-state index is 0.128. The van der Waals surface area contributed by atoms with Crippen LogP contribution in [0.4, 0.5) is 26.3 Å². The van der Waals surface area contributed by atoms with E-state index in [4.69, 9.17) is 0 Å². The number of likely N-dealkylation sites (N-methyl/N-ethyl adjacent to an activating group) is 1. The highest BCUT2D eigenvalue weighted by atomic mass is 32.2. The molecule has 1 amide bonds. The normalized spacial score (nSPS) is 22.6. The van der Waals surface area contributed by atoms with Crippen molar-refractivity contribution >= 4 is 39.8 Å². The number of hydrogen-bond acceptors (Lipinski definition) is 4. The van der Waals surface area contributed by atoms with Gasteiger partial charge in [-0.1, -0.05) is 12.1 Å². The number of benzene rings is 2. The molecule has 13 heteroatoms. The van der Waals surface area contributed by atoms with Gasteiger partial charge >= 0.3 is 12.4 Å². The molecule has 2 unspecified atom stereocenters. The zero-order valence-corrected chi connectivity index (χ0v) is 23.5. The fraction of sp³-hybridized carbons (Fsp3) is 0.393. The van der Waals surface area contributed by atoms with Crippen molar-refractivity contribution in [1.82, 2.24) is 14.7 Å². The van der Waals surface area contributed by atoms with E-state index in [9.17, 15) is 31.1 Å². The van der Waals surface area contributed by atoms with Crippen LogP contribution < -0.4 is 0 Å². The topological polar surface area (TPSA) is 50.5 Å². The summed E-state index contributed by atoms with van der Waals surface area (Å²) >= 11 is 1.32. The van der Waals surface area contributed by atoms with E-state index in [1.807, 2.05) is 0 Å². The second kappa shape index (κ2) is 10.2. The molecule has 2 atom stereocenters. The second-order valence-electron chi connectivity index (χ2n) is 11.0. The van der Waals surface area contributed by atoms with E-state index >= 15 is 0 Å². The molecule has 0 radical (unpaired) electrons. The molecule has 218 valence electrons. The number of amidine groups is 1. The molecule has 1 fully saturated rings. The third kappa shape index (κ3) is 5.74. The van der Waals surface area contributed by atoms with E-state index in [2.05, 4.69) is 42.9 Å². The van der Waals surface area contributed by atoms with Crippen LogP contribution in [0.5, 0.6) is 0 Å². The number of thioether (sulfide) groups is 1. The first-order valence-corrected chi connectivity index (χ1v) is 13.7. The number of carbonyl (C=O) groups excluding carboxylic acids is 1. The zero-order chi connectivity index (χ0) is 29.9. The molecule has 3 aromatic rings. The van der Waals surface area contributed by atoms with Gasteiger partial charge in [-0.15, -0.1) is 0 Å². The summed E-state index contributed by atoms with van der Waals surface area (Å²) in [6.07, 6.45) is -6.68. The summed E-state index contributed by atoms with van der Waals surface area (Å²) < 4.78 is 82.1. The number of quaternary nitrogens is 1. The first kappa shape index (κ1) is 29.2. The highest BCUT2D eigenvalue weighted by Crippen LogP contribution is 2.38. The van der Waals surface area contributed by atoms with Crippen molar-refractivity contribution in [3.05, 3.63) is 69.8 Å². The number of carbonyl (C=O) groups is 1. The number of aliphatic imine (C=N–C) groups is 1. The standard InChI is InChI=1S/C28H28F6N5OS/c1-16-13-37(14-17(2)39(16,3)4)26-36-25(40)24(41-26)10-18-5-8-23-20(9-18)12-35-38(23)15-19-6-7-21(27(29,30)31)11-22(19)28(32,33)34/h5-12,16-17H,13-15H2,1-4H3/q+1. The van der Waals surface area contributed by atoms with Gasteiger partial charge in [0.2, 0.25) is 0 Å². The molecule has 0 saturated carbocycles. The minimum atomic E-state index is -4.97. The number of rotatable bonds is 3. The van der Waals surface area contributed by atoms with Crippen molar-refractivity contribution in [3.8, 4) is 0 Å². The van der Waals surface area contributed by atoms with Crippen molar-refractivity contribution in [2.75, 3.05) is 27.2 Å². The highest BCUT2D eigenvalue weighted by Gasteiger charge is 2.41. The summed E-state index contributed by atoms with van der Waals surface area (Å²) in [4.78, 5) is 19.6. The lowest BCUT2D eigenvalue weighted by Gasteiger charge is -2.49. The van der Waals surface area contributed by atoms with Crippen LogP contribution in [0.25, 0.3) is 17.0 Å². The third-order valence-electron chi connectivity index (χ3n) is 8.15. The molecule has 0 spiro atoms. The number of aromatic nitrogens is 2. The fourth-order valence-corrected chi connectivity index (χ4v) is 5.98. The van der Waals surface area contributed by atoms with Gasteiger partial charge in [-0.3, -0.25) is 9.48 Å². The van der Waals surface area contributed by atoms with E-state index in [0.29, 0.717) is 44.7 Å². The van der Waals surface area contributed by atoms with Gasteiger partial charge in [-0.05, 0) is 67.1 Å². The zero-order valence-electron chi connectivity index (χ0n) is 22.7. The Balaban J connectivity index is 1.36. The van der Waals surface area contributed by atoms with E-state index < -0.39 is 23.5 Å². The number of fused-ring (bicyclic) bond motifs is 1. The summed E-state index contributed by atoms with van der Waals surface area (Å²) in [6.45, 7) is 5.55. The third-order valence-corrected chi connectivity index (χ3v) is 9.19. The Morgan fingerprint density at radius 3 is 2.32 bits per heavy atom. The van der Waals surface area contributed by atoms with Crippen LogP contribution in [0.3, 0.4) is 0 Å². The van der Waals surface area contributed by atoms with Crippen LogP contribution in [-0.2, 0) is 23.7 Å². The van der Waals surface area contributed by atoms with E-state index in [0.717, 1.165) is 23.6 Å². The average Bonchev–Trinajstić information content (AvgIpc) is 3.44. The number of hydrogen-bond donors (Lipinski definition) is 0. The van der Waals surface area contributed by atoms with Crippen molar-refractivity contribution in [2.24, 2.45) is 4.99 Å². The van der Waals surface area contributed by atoms with Crippen LogP contribution in [0, 0.1) is 0 Å². The largest absolute Gasteiger partial charge is 0.416 e. The van der Waals surface area contributed by atoms with Crippen LogP contribution >= 0.6 is 11.8 Å². The van der Waals surface area contributed by atoms with Crippen LogP contribution in [-0.4, -0.2) is 69.5 Å². The van der Waals surface area contributed by atoms with Crippen LogP contribution in [0.15, 0.2) is 52.5 Å². The SMILES string of the molecule is CC1CN(C2=NC(=O)C(=Cc3ccc4c(cnn4Cc4ccc(C(F)(F)F)cc4C(F)(F)F)c3)S2)CC(C)[N+]1(C)C. The molecule has 0 N–H and O–H groups in total. The molecule has 6 nitrogen and oxygen atoms in total. The molecule has 0 aliphatic carbocycles. The molecular formula is C28H28F6N5OS+. The van der Waals surface area contributed by atoms with Crippen molar-refractivity contribution in [3.63, 3.8) is 0 Å². The fourth-order valence-electron chi connectivity index (χ4n) is 5.05. The molecule has 3 heterocycles.